The van der Waals surface area contributed by atoms with Crippen LogP contribution in [0.3, 0.4) is 0 Å². The lowest BCUT2D eigenvalue weighted by Gasteiger charge is -2.19. The highest BCUT2D eigenvalue weighted by atomic mass is 19.4. The Labute approximate surface area is 90.3 Å². The molecule has 0 amide bonds. The Kier molecular flexibility index (Phi) is 3.77. The van der Waals surface area contributed by atoms with Crippen molar-refractivity contribution in [2.75, 3.05) is 0 Å². The van der Waals surface area contributed by atoms with Gasteiger partial charge in [-0.1, -0.05) is 12.1 Å². The molecule has 0 heterocycles. The van der Waals surface area contributed by atoms with Crippen LogP contribution in [0, 0.1) is 0 Å². The first kappa shape index (κ1) is 12.8. The molecule has 1 aromatic carbocycles. The molecule has 16 heavy (non-hydrogen) atoms. The van der Waals surface area contributed by atoms with Crippen LogP contribution in [0.1, 0.15) is 18.1 Å². The number of benzene rings is 1. The van der Waals surface area contributed by atoms with E-state index < -0.39 is 24.7 Å². The average Bonchev–Trinajstić information content (AvgIpc) is 2.17. The van der Waals surface area contributed by atoms with Crippen molar-refractivity contribution in [1.82, 2.24) is 0 Å². The second-order valence-corrected chi connectivity index (χ2v) is 3.49. The summed E-state index contributed by atoms with van der Waals surface area (Å²) in [6.45, 7) is 0. The van der Waals surface area contributed by atoms with Crippen molar-refractivity contribution >= 4 is 0 Å². The van der Waals surface area contributed by atoms with Gasteiger partial charge in [-0.15, -0.1) is 0 Å². The Hall–Kier alpha value is -1.27. The van der Waals surface area contributed by atoms with Gasteiger partial charge in [-0.3, -0.25) is 0 Å². The van der Waals surface area contributed by atoms with E-state index in [0.29, 0.717) is 0 Å². The van der Waals surface area contributed by atoms with E-state index in [1.54, 1.807) is 0 Å². The Morgan fingerprint density at radius 1 is 1.19 bits per heavy atom. The van der Waals surface area contributed by atoms with Gasteiger partial charge < -0.3 is 15.9 Å². The first-order valence-electron chi connectivity index (χ1n) is 4.60. The van der Waals surface area contributed by atoms with E-state index >= 15 is 0 Å². The summed E-state index contributed by atoms with van der Waals surface area (Å²) >= 11 is 0. The van der Waals surface area contributed by atoms with E-state index in [2.05, 4.69) is 0 Å². The van der Waals surface area contributed by atoms with Gasteiger partial charge in [0, 0.05) is 6.42 Å². The second-order valence-electron chi connectivity index (χ2n) is 3.49. The van der Waals surface area contributed by atoms with Gasteiger partial charge in [-0.2, -0.15) is 13.2 Å². The Morgan fingerprint density at radius 2 is 1.69 bits per heavy atom. The van der Waals surface area contributed by atoms with Gasteiger partial charge >= 0.3 is 6.18 Å². The number of nitrogens with two attached hydrogens (primary N) is 1. The molecule has 0 saturated carbocycles. The number of aliphatic hydroxyl groups excluding tert-OH is 1. The smallest absolute Gasteiger partial charge is 0.403 e. The zero-order valence-corrected chi connectivity index (χ0v) is 8.28. The molecule has 0 saturated heterocycles. The highest BCUT2D eigenvalue weighted by molar-refractivity contribution is 5.27. The molecule has 0 bridgehead atoms. The van der Waals surface area contributed by atoms with Crippen molar-refractivity contribution in [1.29, 1.82) is 0 Å². The maximum absolute atomic E-state index is 12.1. The summed E-state index contributed by atoms with van der Waals surface area (Å²) in [5.41, 5.74) is 5.17. The van der Waals surface area contributed by atoms with Crippen LogP contribution in [0.2, 0.25) is 0 Å². The summed E-state index contributed by atoms with van der Waals surface area (Å²) < 4.78 is 36.3. The second kappa shape index (κ2) is 4.71. The minimum absolute atomic E-state index is 0.0175. The molecule has 0 aliphatic heterocycles. The molecule has 0 aromatic heterocycles. The molecule has 4 N–H and O–H groups in total. The molecule has 0 fully saturated rings. The fraction of sp³-hybridized carbons (Fsp3) is 0.400. The predicted octanol–water partition coefficient (Wildman–Crippen LogP) is 1.71. The van der Waals surface area contributed by atoms with Crippen LogP contribution in [-0.4, -0.2) is 22.4 Å². The Bertz CT molecular complexity index is 337. The van der Waals surface area contributed by atoms with Gasteiger partial charge in [0.15, 0.2) is 0 Å². The van der Waals surface area contributed by atoms with Crippen molar-refractivity contribution in [2.45, 2.75) is 24.7 Å². The van der Waals surface area contributed by atoms with E-state index in [1.807, 2.05) is 0 Å². The van der Waals surface area contributed by atoms with E-state index in [0.717, 1.165) is 0 Å². The quantitative estimate of drug-likeness (QED) is 0.747. The van der Waals surface area contributed by atoms with Crippen LogP contribution < -0.4 is 5.73 Å². The number of aromatic hydroxyl groups is 1. The van der Waals surface area contributed by atoms with Crippen LogP contribution in [-0.2, 0) is 0 Å². The van der Waals surface area contributed by atoms with Crippen molar-refractivity contribution < 1.29 is 23.4 Å². The van der Waals surface area contributed by atoms with Crippen LogP contribution in [0.4, 0.5) is 13.2 Å². The van der Waals surface area contributed by atoms with Gasteiger partial charge in [0.05, 0.1) is 6.10 Å². The minimum Gasteiger partial charge on any atom is -0.508 e. The summed E-state index contributed by atoms with van der Waals surface area (Å²) in [5, 5.41) is 18.4. The van der Waals surface area contributed by atoms with Gasteiger partial charge in [-0.05, 0) is 17.7 Å². The zero-order chi connectivity index (χ0) is 12.3. The Morgan fingerprint density at radius 3 is 2.12 bits per heavy atom. The van der Waals surface area contributed by atoms with E-state index in [-0.39, 0.29) is 11.3 Å². The summed E-state index contributed by atoms with van der Waals surface area (Å²) in [7, 11) is 0. The lowest BCUT2D eigenvalue weighted by atomic mass is 10.0. The summed E-state index contributed by atoms with van der Waals surface area (Å²) in [6, 6.07) is 3.22. The third kappa shape index (κ3) is 3.39. The molecular weight excluding hydrogens is 223 g/mol. The lowest BCUT2D eigenvalue weighted by molar-refractivity contribution is -0.153. The molecular formula is C10H12F3NO2. The number of aliphatic hydroxyl groups is 1. The van der Waals surface area contributed by atoms with Gasteiger partial charge in [0.1, 0.15) is 11.8 Å². The summed E-state index contributed by atoms with van der Waals surface area (Å²) in [5.74, 6) is -0.0175. The maximum Gasteiger partial charge on any atom is 0.403 e. The van der Waals surface area contributed by atoms with E-state index in [4.69, 9.17) is 10.8 Å². The first-order chi connectivity index (χ1) is 7.30. The van der Waals surface area contributed by atoms with Crippen LogP contribution >= 0.6 is 0 Å². The predicted molar refractivity (Wildman–Crippen MR) is 51.7 cm³/mol. The van der Waals surface area contributed by atoms with Gasteiger partial charge in [-0.25, -0.2) is 0 Å². The molecule has 0 aliphatic rings. The molecule has 90 valence electrons. The standard InChI is InChI=1S/C10H12F3NO2/c11-10(12,13)9(14)5-8(16)6-1-3-7(15)4-2-6/h1-4,8-9,15-16H,5,14H2/t8-,9-/m0/s1. The summed E-state index contributed by atoms with van der Waals surface area (Å²) in [6.07, 6.45) is -6.41. The SMILES string of the molecule is N[C@@H](C[C@H](O)c1ccc(O)cc1)C(F)(F)F. The number of phenolic OH excluding ortho intramolecular Hbond substituents is 1. The molecule has 0 radical (unpaired) electrons. The number of phenols is 1. The monoisotopic (exact) mass is 235 g/mol. The third-order valence-electron chi connectivity index (χ3n) is 2.18. The number of hydrogen-bond acceptors (Lipinski definition) is 3. The minimum atomic E-state index is -4.52. The van der Waals surface area contributed by atoms with Gasteiger partial charge in [0.2, 0.25) is 0 Å². The largest absolute Gasteiger partial charge is 0.508 e. The highest BCUT2D eigenvalue weighted by Gasteiger charge is 2.37. The molecule has 0 unspecified atom stereocenters. The normalized spacial score (nSPS) is 15.8. The third-order valence-corrected chi connectivity index (χ3v) is 2.18. The molecule has 3 nitrogen and oxygen atoms in total. The number of halogens is 3. The molecule has 1 rings (SSSR count). The number of rotatable bonds is 3. The van der Waals surface area contributed by atoms with E-state index in [9.17, 15) is 18.3 Å². The number of alkyl halides is 3. The fourth-order valence-corrected chi connectivity index (χ4v) is 1.21. The first-order valence-corrected chi connectivity index (χ1v) is 4.60. The van der Waals surface area contributed by atoms with Crippen molar-refractivity contribution in [2.24, 2.45) is 5.73 Å². The fourth-order valence-electron chi connectivity index (χ4n) is 1.21. The van der Waals surface area contributed by atoms with Crippen LogP contribution in [0.5, 0.6) is 5.75 Å². The van der Waals surface area contributed by atoms with Crippen LogP contribution in [0.25, 0.3) is 0 Å². The molecule has 1 aromatic rings. The van der Waals surface area contributed by atoms with E-state index in [1.165, 1.54) is 24.3 Å². The van der Waals surface area contributed by atoms with Crippen molar-refractivity contribution in [3.8, 4) is 5.75 Å². The average molecular weight is 235 g/mol. The molecule has 2 atom stereocenters. The Balaban J connectivity index is 2.65. The van der Waals surface area contributed by atoms with Crippen molar-refractivity contribution in [3.05, 3.63) is 29.8 Å². The molecule has 0 aliphatic carbocycles. The maximum atomic E-state index is 12.1. The van der Waals surface area contributed by atoms with Gasteiger partial charge in [0.25, 0.3) is 0 Å². The molecule has 0 spiro atoms. The van der Waals surface area contributed by atoms with Crippen LogP contribution in [0.15, 0.2) is 24.3 Å². The molecule has 6 heteroatoms. The lowest BCUT2D eigenvalue weighted by Crippen LogP contribution is -2.38. The van der Waals surface area contributed by atoms with Crippen molar-refractivity contribution in [3.63, 3.8) is 0 Å². The zero-order valence-electron chi connectivity index (χ0n) is 8.28. The topological polar surface area (TPSA) is 66.5 Å². The number of hydrogen-bond donors (Lipinski definition) is 3. The summed E-state index contributed by atoms with van der Waals surface area (Å²) in [4.78, 5) is 0. The highest BCUT2D eigenvalue weighted by Crippen LogP contribution is 2.27.